The van der Waals surface area contributed by atoms with Gasteiger partial charge >= 0.3 is 5.51 Å². The normalized spacial score (nSPS) is 12.0. The van der Waals surface area contributed by atoms with E-state index in [0.29, 0.717) is 6.07 Å². The molecule has 0 saturated heterocycles. The third kappa shape index (κ3) is 3.67. The molecule has 0 aliphatic rings. The van der Waals surface area contributed by atoms with Crippen molar-refractivity contribution in [3.8, 4) is 5.75 Å². The molecule has 2 rings (SSSR count). The summed E-state index contributed by atoms with van der Waals surface area (Å²) in [4.78, 5) is 10.9. The molecule has 0 saturated carbocycles. The van der Waals surface area contributed by atoms with E-state index in [0.717, 1.165) is 12.1 Å². The van der Waals surface area contributed by atoms with Crippen LogP contribution in [0, 0.1) is 0 Å². The molecule has 0 unspecified atom stereocenters. The predicted octanol–water partition coefficient (Wildman–Crippen LogP) is 1.82. The average Bonchev–Trinajstić information content (AvgIpc) is 2.98. The molecule has 1 heterocycles. The van der Waals surface area contributed by atoms with Crippen LogP contribution in [0.4, 0.5) is 18.9 Å². The number of hydrogen-bond acceptors (Lipinski definition) is 5. The summed E-state index contributed by atoms with van der Waals surface area (Å²) in [6.07, 6.45) is 2.96. The van der Waals surface area contributed by atoms with Gasteiger partial charge in [-0.3, -0.25) is 9.48 Å². The molecule has 0 aliphatic heterocycles. The minimum atomic E-state index is -5.53. The Balaban J connectivity index is 2.31. The molecule has 24 heavy (non-hydrogen) atoms. The van der Waals surface area contributed by atoms with Crippen molar-refractivity contribution >= 4 is 21.4 Å². The summed E-state index contributed by atoms with van der Waals surface area (Å²) in [7, 11) is -4.30. The van der Waals surface area contributed by atoms with E-state index in [9.17, 15) is 26.4 Å². The maximum atomic E-state index is 12.6. The van der Waals surface area contributed by atoms with Gasteiger partial charge < -0.3 is 10.1 Å². The lowest BCUT2D eigenvalue weighted by Crippen LogP contribution is -2.24. The molecule has 0 aliphatic carbocycles. The van der Waals surface area contributed by atoms with E-state index in [-0.39, 0.29) is 18.0 Å². The van der Waals surface area contributed by atoms with Gasteiger partial charge in [-0.05, 0) is 24.3 Å². The largest absolute Gasteiger partial charge is 0.501 e. The first kappa shape index (κ1) is 17.8. The lowest BCUT2D eigenvalue weighted by Gasteiger charge is -2.13. The Morgan fingerprint density at radius 3 is 2.62 bits per heavy atom. The minimum absolute atomic E-state index is 0.0185. The molecule has 0 spiro atoms. The summed E-state index contributed by atoms with van der Waals surface area (Å²) in [6, 6.07) is 4.07. The SMILES string of the molecule is COc1ccc(S(=O)(=O)C(F)(F)F)cc1NC(=O)Cn1cccn1. The van der Waals surface area contributed by atoms with Crippen LogP contribution in [0.1, 0.15) is 0 Å². The van der Waals surface area contributed by atoms with Crippen LogP contribution < -0.4 is 10.1 Å². The first-order valence-corrected chi connectivity index (χ1v) is 7.90. The van der Waals surface area contributed by atoms with Crippen LogP contribution in [-0.4, -0.2) is 36.7 Å². The van der Waals surface area contributed by atoms with Crippen LogP contribution in [0.3, 0.4) is 0 Å². The number of carbonyl (C=O) groups is 1. The van der Waals surface area contributed by atoms with Crippen molar-refractivity contribution in [3.63, 3.8) is 0 Å². The molecule has 0 atom stereocenters. The van der Waals surface area contributed by atoms with E-state index < -0.39 is 26.1 Å². The van der Waals surface area contributed by atoms with Gasteiger partial charge in [0.1, 0.15) is 12.3 Å². The summed E-state index contributed by atoms with van der Waals surface area (Å²) >= 11 is 0. The van der Waals surface area contributed by atoms with Crippen LogP contribution in [-0.2, 0) is 21.2 Å². The molecule has 1 N–H and O–H groups in total. The van der Waals surface area contributed by atoms with Gasteiger partial charge in [0.25, 0.3) is 9.84 Å². The maximum Gasteiger partial charge on any atom is 0.501 e. The molecule has 11 heteroatoms. The Bertz CT molecular complexity index is 833. The highest BCUT2D eigenvalue weighted by molar-refractivity contribution is 7.92. The number of benzene rings is 1. The molecule has 1 aromatic carbocycles. The second kappa shape index (κ2) is 6.51. The summed E-state index contributed by atoms with van der Waals surface area (Å²) in [5.74, 6) is -0.594. The van der Waals surface area contributed by atoms with Crippen LogP contribution in [0.5, 0.6) is 5.75 Å². The van der Waals surface area contributed by atoms with Crippen molar-refractivity contribution in [2.75, 3.05) is 12.4 Å². The molecule has 130 valence electrons. The first-order chi connectivity index (χ1) is 11.1. The van der Waals surface area contributed by atoms with Gasteiger partial charge in [0.05, 0.1) is 17.7 Å². The Labute approximate surface area is 135 Å². The lowest BCUT2D eigenvalue weighted by molar-refractivity contribution is -0.116. The minimum Gasteiger partial charge on any atom is -0.495 e. The van der Waals surface area contributed by atoms with Gasteiger partial charge in [-0.1, -0.05) is 0 Å². The predicted molar refractivity (Wildman–Crippen MR) is 77.1 cm³/mol. The highest BCUT2D eigenvalue weighted by Crippen LogP contribution is 2.34. The van der Waals surface area contributed by atoms with Crippen molar-refractivity contribution in [2.24, 2.45) is 0 Å². The zero-order chi connectivity index (χ0) is 18.0. The van der Waals surface area contributed by atoms with E-state index in [4.69, 9.17) is 4.74 Å². The second-order valence-corrected chi connectivity index (χ2v) is 6.50. The van der Waals surface area contributed by atoms with E-state index >= 15 is 0 Å². The van der Waals surface area contributed by atoms with Crippen molar-refractivity contribution in [3.05, 3.63) is 36.7 Å². The molecular formula is C13H12F3N3O4S. The molecule has 0 bridgehead atoms. The van der Waals surface area contributed by atoms with Crippen molar-refractivity contribution < 1.29 is 31.1 Å². The van der Waals surface area contributed by atoms with Gasteiger partial charge in [0.2, 0.25) is 5.91 Å². The number of aromatic nitrogens is 2. The van der Waals surface area contributed by atoms with Crippen molar-refractivity contribution in [1.82, 2.24) is 9.78 Å². The third-order valence-corrected chi connectivity index (χ3v) is 4.41. The monoisotopic (exact) mass is 363 g/mol. The average molecular weight is 363 g/mol. The molecule has 1 aromatic heterocycles. The quantitative estimate of drug-likeness (QED) is 0.875. The first-order valence-electron chi connectivity index (χ1n) is 6.42. The lowest BCUT2D eigenvalue weighted by atomic mass is 10.3. The van der Waals surface area contributed by atoms with Gasteiger partial charge in [-0.2, -0.15) is 18.3 Å². The van der Waals surface area contributed by atoms with Gasteiger partial charge in [-0.15, -0.1) is 0 Å². The topological polar surface area (TPSA) is 90.3 Å². The summed E-state index contributed by atoms with van der Waals surface area (Å²) in [5, 5.41) is 6.12. The number of carbonyl (C=O) groups excluding carboxylic acids is 1. The molecule has 0 fully saturated rings. The Hall–Kier alpha value is -2.56. The number of ether oxygens (including phenoxy) is 1. The highest BCUT2D eigenvalue weighted by atomic mass is 32.2. The highest BCUT2D eigenvalue weighted by Gasteiger charge is 2.47. The molecular weight excluding hydrogens is 351 g/mol. The number of nitrogens with one attached hydrogen (secondary N) is 1. The number of sulfone groups is 1. The van der Waals surface area contributed by atoms with Crippen LogP contribution in [0.2, 0.25) is 0 Å². The molecule has 7 nitrogen and oxygen atoms in total. The zero-order valence-corrected chi connectivity index (χ0v) is 13.1. The number of rotatable bonds is 5. The van der Waals surface area contributed by atoms with Crippen LogP contribution in [0.15, 0.2) is 41.6 Å². The molecule has 0 radical (unpaired) electrons. The van der Waals surface area contributed by atoms with Crippen LogP contribution in [0.25, 0.3) is 0 Å². The van der Waals surface area contributed by atoms with Crippen molar-refractivity contribution in [2.45, 2.75) is 16.9 Å². The zero-order valence-electron chi connectivity index (χ0n) is 12.2. The summed E-state index contributed by atoms with van der Waals surface area (Å²) in [5.41, 5.74) is -5.64. The summed E-state index contributed by atoms with van der Waals surface area (Å²) in [6.45, 7) is -0.202. The number of anilines is 1. The van der Waals surface area contributed by atoms with Gasteiger partial charge in [0.15, 0.2) is 0 Å². The fourth-order valence-electron chi connectivity index (χ4n) is 1.82. The number of halogens is 3. The number of methoxy groups -OCH3 is 1. The number of nitrogens with zero attached hydrogens (tertiary/aromatic N) is 2. The fraction of sp³-hybridized carbons (Fsp3) is 0.231. The standard InChI is InChI=1S/C13H12F3N3O4S/c1-23-11-4-3-9(24(21,22)13(14,15)16)7-10(11)18-12(20)8-19-6-2-5-17-19/h2-7H,8H2,1H3,(H,18,20). The Kier molecular flexibility index (Phi) is 4.83. The smallest absolute Gasteiger partial charge is 0.495 e. The van der Waals surface area contributed by atoms with Gasteiger partial charge in [0, 0.05) is 12.4 Å². The van der Waals surface area contributed by atoms with Crippen LogP contribution >= 0.6 is 0 Å². The third-order valence-electron chi connectivity index (χ3n) is 2.92. The van der Waals surface area contributed by atoms with E-state index in [1.54, 1.807) is 6.07 Å². The summed E-state index contributed by atoms with van der Waals surface area (Å²) < 4.78 is 67.0. The van der Waals surface area contributed by atoms with E-state index in [1.165, 1.54) is 24.2 Å². The van der Waals surface area contributed by atoms with E-state index in [2.05, 4.69) is 10.4 Å². The maximum absolute atomic E-state index is 12.6. The number of alkyl halides is 3. The Morgan fingerprint density at radius 2 is 2.08 bits per heavy atom. The molecule has 2 aromatic rings. The van der Waals surface area contributed by atoms with E-state index in [1.807, 2.05) is 0 Å². The van der Waals surface area contributed by atoms with Crippen molar-refractivity contribution in [1.29, 1.82) is 0 Å². The van der Waals surface area contributed by atoms with Gasteiger partial charge in [-0.25, -0.2) is 8.42 Å². The Morgan fingerprint density at radius 1 is 1.38 bits per heavy atom. The fourth-order valence-corrected chi connectivity index (χ4v) is 2.60. The number of amides is 1. The second-order valence-electron chi connectivity index (χ2n) is 4.56. The molecule has 1 amide bonds. The number of hydrogen-bond donors (Lipinski definition) is 1.